The highest BCUT2D eigenvalue weighted by Gasteiger charge is 2.22. The molecule has 2 aromatic carbocycles. The molecule has 1 saturated heterocycles. The van der Waals surface area contributed by atoms with Crippen LogP contribution in [0.1, 0.15) is 41.2 Å². The van der Waals surface area contributed by atoms with Crippen LogP contribution in [0.2, 0.25) is 0 Å². The molecule has 34 heavy (non-hydrogen) atoms. The number of hydrogen-bond acceptors (Lipinski definition) is 4. The Labute approximate surface area is 204 Å². The minimum Gasteiger partial charge on any atom is -0.378 e. The highest BCUT2D eigenvalue weighted by atomic mass is 19.1. The van der Waals surface area contributed by atoms with Crippen LogP contribution in [0.5, 0.6) is 0 Å². The van der Waals surface area contributed by atoms with Crippen molar-refractivity contribution in [3.05, 3.63) is 109 Å². The maximum absolute atomic E-state index is 13.6. The zero-order valence-corrected chi connectivity index (χ0v) is 18.9. The summed E-state index contributed by atoms with van der Waals surface area (Å²) in [7, 11) is 0. The van der Waals surface area contributed by atoms with Crippen LogP contribution >= 0.6 is 0 Å². The molecule has 1 N–H and O–H groups in total. The van der Waals surface area contributed by atoms with Crippen LogP contribution in [-0.4, -0.2) is 24.9 Å². The van der Waals surface area contributed by atoms with E-state index in [1.807, 2.05) is 50.1 Å². The summed E-state index contributed by atoms with van der Waals surface area (Å²) in [5, 5.41) is 3.07. The minimum absolute atomic E-state index is 0. The Morgan fingerprint density at radius 1 is 1.06 bits per heavy atom. The molecule has 6 heteroatoms. The highest BCUT2D eigenvalue weighted by Crippen LogP contribution is 2.19. The molecule has 0 amide bonds. The average molecular weight is 476 g/mol. The van der Waals surface area contributed by atoms with Gasteiger partial charge in [0.15, 0.2) is 5.78 Å². The van der Waals surface area contributed by atoms with Crippen LogP contribution in [0.15, 0.2) is 91.7 Å². The van der Waals surface area contributed by atoms with Crippen LogP contribution in [0.25, 0.3) is 12.2 Å². The number of nitrogens with one attached hydrogen (secondary N) is 1. The van der Waals surface area contributed by atoms with Crippen molar-refractivity contribution in [2.45, 2.75) is 27.2 Å². The molecule has 1 aliphatic heterocycles. The van der Waals surface area contributed by atoms with Gasteiger partial charge in [-0.2, -0.15) is 0 Å². The second kappa shape index (κ2) is 20.9. The summed E-state index contributed by atoms with van der Waals surface area (Å²) in [5.41, 5.74) is 2.51. The van der Waals surface area contributed by atoms with Crippen molar-refractivity contribution < 1.29 is 26.3 Å². The lowest BCUT2D eigenvalue weighted by Gasteiger charge is -1.97. The van der Waals surface area contributed by atoms with E-state index >= 15 is 0 Å². The monoisotopic (exact) mass is 475 g/mol. The van der Waals surface area contributed by atoms with Gasteiger partial charge in [-0.15, -0.1) is 13.2 Å². The second-order valence-corrected chi connectivity index (χ2v) is 6.26. The van der Waals surface area contributed by atoms with Crippen molar-refractivity contribution in [3.63, 3.8) is 0 Å². The topological polar surface area (TPSA) is 63.2 Å². The third-order valence-corrected chi connectivity index (χ3v) is 4.08. The van der Waals surface area contributed by atoms with Crippen molar-refractivity contribution in [2.75, 3.05) is 6.54 Å². The Balaban J connectivity index is -0.000000186. The zero-order valence-electron chi connectivity index (χ0n) is 18.9. The van der Waals surface area contributed by atoms with Crippen LogP contribution in [0, 0.1) is 5.82 Å². The summed E-state index contributed by atoms with van der Waals surface area (Å²) in [6, 6.07) is 16.1. The molecule has 0 bridgehead atoms. The number of benzene rings is 2. The van der Waals surface area contributed by atoms with Crippen LogP contribution in [-0.2, 0) is 14.4 Å². The Hall–Kier alpha value is -3.93. The number of hydrogen-bond donors (Lipinski definition) is 1. The van der Waals surface area contributed by atoms with E-state index in [0.717, 1.165) is 12.0 Å². The molecule has 0 aromatic heterocycles. The SMILES string of the molecule is C.C=C.C=CC(=O)CCC.C=O.F.O=C1/C(=C/c2ccccc2)NC/C1=C\c1ccccc1F.[HH].[HH]. The van der Waals surface area contributed by atoms with Crippen molar-refractivity contribution in [1.29, 1.82) is 0 Å². The lowest BCUT2D eigenvalue weighted by Crippen LogP contribution is -2.05. The van der Waals surface area contributed by atoms with E-state index in [1.165, 1.54) is 12.1 Å². The third-order valence-electron chi connectivity index (χ3n) is 4.08. The first kappa shape index (κ1) is 34.7. The zero-order chi connectivity index (χ0) is 24.4. The van der Waals surface area contributed by atoms with E-state index in [9.17, 15) is 14.0 Å². The first-order valence-corrected chi connectivity index (χ1v) is 9.99. The number of carbonyl (C=O) groups excluding carboxylic acids is 3. The molecule has 1 heterocycles. The fourth-order valence-electron chi connectivity index (χ4n) is 2.60. The fourth-order valence-corrected chi connectivity index (χ4v) is 2.60. The normalized spacial score (nSPS) is 13.2. The van der Waals surface area contributed by atoms with E-state index in [-0.39, 0.29) is 32.4 Å². The van der Waals surface area contributed by atoms with Gasteiger partial charge in [0.25, 0.3) is 0 Å². The molecule has 0 atom stereocenters. The van der Waals surface area contributed by atoms with E-state index in [1.54, 1.807) is 24.3 Å². The van der Waals surface area contributed by atoms with Gasteiger partial charge in [-0.1, -0.05) is 69.5 Å². The average Bonchev–Trinajstić information content (AvgIpc) is 3.18. The highest BCUT2D eigenvalue weighted by molar-refractivity contribution is 6.15. The summed E-state index contributed by atoms with van der Waals surface area (Å²) in [5.74, 6) is -0.261. The standard InChI is InChI=1S/C18H14FNO.C6H10O.C2H4.CH2O.CH4.FH.2H2/c19-16-9-5-4-8-14(16)11-15-12-20-17(18(15)21)10-13-6-2-1-3-7-13;1-3-5-6(7)4-2;2*1-2;;;;/h1-11,20H,12H2;4H,2-3,5H2,1H3;1-2H2;1H2;1H4;3*1H/b15-11+,17-10-;;;;;;;. The predicted molar refractivity (Wildman–Crippen MR) is 144 cm³/mol. The van der Waals surface area contributed by atoms with E-state index in [0.29, 0.717) is 29.8 Å². The van der Waals surface area contributed by atoms with Crippen molar-refractivity contribution in [2.24, 2.45) is 0 Å². The Bertz CT molecular complexity index is 947. The Kier molecular flexibility index (Phi) is 21.4. The summed E-state index contributed by atoms with van der Waals surface area (Å²) in [6.07, 6.45) is 6.35. The molecule has 3 rings (SSSR count). The van der Waals surface area contributed by atoms with Gasteiger partial charge < -0.3 is 10.1 Å². The van der Waals surface area contributed by atoms with Crippen molar-refractivity contribution in [1.82, 2.24) is 5.32 Å². The van der Waals surface area contributed by atoms with Crippen molar-refractivity contribution >= 4 is 30.5 Å². The maximum atomic E-state index is 13.6. The molecule has 4 nitrogen and oxygen atoms in total. The number of allylic oxidation sites excluding steroid dienone is 2. The molecule has 0 saturated carbocycles. The van der Waals surface area contributed by atoms with Crippen molar-refractivity contribution in [3.8, 4) is 0 Å². The van der Waals surface area contributed by atoms with Crippen LogP contribution < -0.4 is 5.32 Å². The van der Waals surface area contributed by atoms with E-state index < -0.39 is 0 Å². The Morgan fingerprint density at radius 2 is 1.62 bits per heavy atom. The molecular weight excluding hydrogens is 436 g/mol. The van der Waals surface area contributed by atoms with Crippen LogP contribution in [0.4, 0.5) is 9.09 Å². The molecule has 2 aromatic rings. The van der Waals surface area contributed by atoms with Gasteiger partial charge in [-0.3, -0.25) is 14.3 Å². The predicted octanol–water partition coefficient (Wildman–Crippen LogP) is 6.86. The molecule has 0 aliphatic carbocycles. The van der Waals surface area contributed by atoms with Crippen LogP contribution in [0.3, 0.4) is 0 Å². The summed E-state index contributed by atoms with van der Waals surface area (Å²) >= 11 is 0. The number of carbonyl (C=O) groups is 3. The fraction of sp³-hybridized carbons (Fsp3) is 0.179. The molecule has 1 fully saturated rings. The molecule has 0 unspecified atom stereocenters. The molecular formula is C28H39F2NO3. The van der Waals surface area contributed by atoms with Gasteiger partial charge in [-0.05, 0) is 36.3 Å². The largest absolute Gasteiger partial charge is 0.378 e. The Morgan fingerprint density at radius 3 is 2.12 bits per heavy atom. The minimum atomic E-state index is -0.321. The summed E-state index contributed by atoms with van der Waals surface area (Å²) < 4.78 is 13.6. The molecule has 1 aliphatic rings. The molecule has 0 spiro atoms. The first-order chi connectivity index (χ1) is 15.5. The number of halogens is 2. The van der Waals surface area contributed by atoms with E-state index in [4.69, 9.17) is 4.79 Å². The third kappa shape index (κ3) is 12.2. The first-order valence-electron chi connectivity index (χ1n) is 9.99. The second-order valence-electron chi connectivity index (χ2n) is 6.26. The quantitative estimate of drug-likeness (QED) is 0.379. The number of Topliss-reactive ketones (excluding diaryl/α,β-unsaturated/α-hetero) is 1. The maximum Gasteiger partial charge on any atom is 0.206 e. The molecule has 188 valence electrons. The van der Waals surface area contributed by atoms with E-state index in [2.05, 4.69) is 25.1 Å². The van der Waals surface area contributed by atoms with Gasteiger partial charge >= 0.3 is 0 Å². The van der Waals surface area contributed by atoms with Gasteiger partial charge in [0.1, 0.15) is 12.6 Å². The van der Waals surface area contributed by atoms with Gasteiger partial charge in [0.2, 0.25) is 5.78 Å². The number of ketones is 2. The number of rotatable bonds is 5. The lowest BCUT2D eigenvalue weighted by atomic mass is 10.1. The summed E-state index contributed by atoms with van der Waals surface area (Å²) in [4.78, 5) is 30.6. The van der Waals surface area contributed by atoms with Gasteiger partial charge in [0.05, 0.1) is 5.70 Å². The van der Waals surface area contributed by atoms with Gasteiger partial charge in [0, 0.05) is 27.0 Å². The lowest BCUT2D eigenvalue weighted by molar-refractivity contribution is -0.114. The summed E-state index contributed by atoms with van der Waals surface area (Å²) in [6.45, 7) is 13.7. The van der Waals surface area contributed by atoms with Gasteiger partial charge in [-0.25, -0.2) is 4.39 Å². The smallest absolute Gasteiger partial charge is 0.206 e. The molecule has 0 radical (unpaired) electrons.